The minimum Gasteiger partial charge on any atom is -0.378 e. The molecular formula is C12H25N3O. The molecule has 94 valence electrons. The topological polar surface area (TPSA) is 41.7 Å². The maximum atomic E-state index is 6.07. The smallest absolute Gasteiger partial charge is 0.0622 e. The lowest BCUT2D eigenvalue weighted by Crippen LogP contribution is -2.62. The molecule has 16 heavy (non-hydrogen) atoms. The number of nitrogens with zero attached hydrogens (tertiary/aromatic N) is 2. The molecule has 2 fully saturated rings. The first-order chi connectivity index (χ1) is 7.72. The van der Waals surface area contributed by atoms with Gasteiger partial charge < -0.3 is 15.4 Å². The van der Waals surface area contributed by atoms with Crippen LogP contribution in [0.4, 0.5) is 0 Å². The molecular weight excluding hydrogens is 202 g/mol. The van der Waals surface area contributed by atoms with Crippen LogP contribution in [0.15, 0.2) is 0 Å². The van der Waals surface area contributed by atoms with Crippen LogP contribution in [0.5, 0.6) is 0 Å². The Morgan fingerprint density at radius 3 is 2.81 bits per heavy atom. The number of ether oxygens (including phenoxy) is 1. The second kappa shape index (κ2) is 5.00. The van der Waals surface area contributed by atoms with E-state index in [1.807, 2.05) is 0 Å². The predicted octanol–water partition coefficient (Wildman–Crippen LogP) is 0.130. The average Bonchev–Trinajstić information content (AvgIpc) is 2.72. The minimum atomic E-state index is 0.208. The van der Waals surface area contributed by atoms with Crippen LogP contribution in [0.1, 0.15) is 19.8 Å². The van der Waals surface area contributed by atoms with Gasteiger partial charge in [0, 0.05) is 31.2 Å². The molecule has 2 aliphatic rings. The van der Waals surface area contributed by atoms with Gasteiger partial charge in [0.2, 0.25) is 0 Å². The Labute approximate surface area is 98.7 Å². The van der Waals surface area contributed by atoms with Gasteiger partial charge in [-0.2, -0.15) is 0 Å². The number of likely N-dealkylation sites (tertiary alicyclic amines) is 1. The lowest BCUT2D eigenvalue weighted by atomic mass is 9.92. The van der Waals surface area contributed by atoms with E-state index < -0.39 is 0 Å². The van der Waals surface area contributed by atoms with Crippen molar-refractivity contribution < 1.29 is 4.74 Å². The quantitative estimate of drug-likeness (QED) is 0.744. The van der Waals surface area contributed by atoms with Gasteiger partial charge in [0.15, 0.2) is 0 Å². The van der Waals surface area contributed by atoms with Gasteiger partial charge in [0.1, 0.15) is 0 Å². The number of hydrogen-bond acceptors (Lipinski definition) is 4. The van der Waals surface area contributed by atoms with Crippen molar-refractivity contribution in [3.05, 3.63) is 0 Å². The van der Waals surface area contributed by atoms with Gasteiger partial charge in [0.05, 0.1) is 13.2 Å². The first kappa shape index (κ1) is 12.3. The molecule has 2 heterocycles. The van der Waals surface area contributed by atoms with Crippen LogP contribution in [0, 0.1) is 0 Å². The second-order valence-corrected chi connectivity index (χ2v) is 5.25. The lowest BCUT2D eigenvalue weighted by molar-refractivity contribution is -0.0601. The Kier molecular flexibility index (Phi) is 3.85. The van der Waals surface area contributed by atoms with E-state index in [1.165, 1.54) is 13.0 Å². The molecule has 2 aliphatic heterocycles. The zero-order chi connectivity index (χ0) is 11.6. The Hall–Kier alpha value is -0.160. The zero-order valence-electron chi connectivity index (χ0n) is 10.6. The third-order valence-electron chi connectivity index (χ3n) is 4.21. The minimum absolute atomic E-state index is 0.208. The molecule has 2 atom stereocenters. The molecule has 0 aromatic heterocycles. The number of nitrogens with two attached hydrogens (primary N) is 1. The third-order valence-corrected chi connectivity index (χ3v) is 4.21. The van der Waals surface area contributed by atoms with Crippen molar-refractivity contribution in [3.8, 4) is 0 Å². The van der Waals surface area contributed by atoms with Gasteiger partial charge in [-0.3, -0.25) is 4.90 Å². The average molecular weight is 227 g/mol. The molecule has 2 saturated heterocycles. The standard InChI is InChI=1S/C12H25N3O/c1-3-11-8-16-7-6-15(11)12(9-13)4-5-14(2)10-12/h11H,3-10,13H2,1-2H3. The van der Waals surface area contributed by atoms with Gasteiger partial charge in [-0.15, -0.1) is 0 Å². The summed E-state index contributed by atoms with van der Waals surface area (Å²) in [6.45, 7) is 8.08. The van der Waals surface area contributed by atoms with Crippen molar-refractivity contribution in [3.63, 3.8) is 0 Å². The molecule has 4 heteroatoms. The second-order valence-electron chi connectivity index (χ2n) is 5.25. The molecule has 0 radical (unpaired) electrons. The van der Waals surface area contributed by atoms with E-state index in [0.29, 0.717) is 6.04 Å². The maximum Gasteiger partial charge on any atom is 0.0622 e. The van der Waals surface area contributed by atoms with E-state index in [9.17, 15) is 0 Å². The van der Waals surface area contributed by atoms with Crippen LogP contribution in [-0.4, -0.2) is 67.8 Å². The fraction of sp³-hybridized carbons (Fsp3) is 1.00. The highest BCUT2D eigenvalue weighted by Gasteiger charge is 2.44. The Morgan fingerprint density at radius 1 is 1.44 bits per heavy atom. The first-order valence-electron chi connectivity index (χ1n) is 6.45. The predicted molar refractivity (Wildman–Crippen MR) is 65.5 cm³/mol. The van der Waals surface area contributed by atoms with Crippen molar-refractivity contribution in [2.45, 2.75) is 31.3 Å². The Balaban J connectivity index is 2.12. The van der Waals surface area contributed by atoms with Crippen molar-refractivity contribution >= 4 is 0 Å². The molecule has 0 bridgehead atoms. The monoisotopic (exact) mass is 227 g/mol. The van der Waals surface area contributed by atoms with Crippen LogP contribution < -0.4 is 5.73 Å². The summed E-state index contributed by atoms with van der Waals surface area (Å²) >= 11 is 0. The first-order valence-corrected chi connectivity index (χ1v) is 6.45. The molecule has 2 rings (SSSR count). The van der Waals surface area contributed by atoms with Gasteiger partial charge >= 0.3 is 0 Å². The zero-order valence-corrected chi connectivity index (χ0v) is 10.6. The summed E-state index contributed by atoms with van der Waals surface area (Å²) in [7, 11) is 2.19. The Bertz CT molecular complexity index is 236. The summed E-state index contributed by atoms with van der Waals surface area (Å²) in [6.07, 6.45) is 2.36. The largest absolute Gasteiger partial charge is 0.378 e. The fourth-order valence-corrected chi connectivity index (χ4v) is 3.20. The number of hydrogen-bond donors (Lipinski definition) is 1. The normalized spacial score (nSPS) is 38.1. The summed E-state index contributed by atoms with van der Waals surface area (Å²) in [6, 6.07) is 0.559. The molecule has 0 aromatic carbocycles. The summed E-state index contributed by atoms with van der Waals surface area (Å²) in [5, 5.41) is 0. The third kappa shape index (κ3) is 2.12. The summed E-state index contributed by atoms with van der Waals surface area (Å²) < 4.78 is 5.58. The van der Waals surface area contributed by atoms with Gasteiger partial charge in [-0.25, -0.2) is 0 Å². The highest BCUT2D eigenvalue weighted by Crippen LogP contribution is 2.30. The molecule has 0 aromatic rings. The van der Waals surface area contributed by atoms with E-state index in [1.54, 1.807) is 0 Å². The fourth-order valence-electron chi connectivity index (χ4n) is 3.20. The van der Waals surface area contributed by atoms with Gasteiger partial charge in [-0.05, 0) is 26.4 Å². The summed E-state index contributed by atoms with van der Waals surface area (Å²) in [5.74, 6) is 0. The maximum absolute atomic E-state index is 6.07. The van der Waals surface area contributed by atoms with Crippen molar-refractivity contribution in [2.75, 3.05) is 46.4 Å². The van der Waals surface area contributed by atoms with Crippen molar-refractivity contribution in [1.29, 1.82) is 0 Å². The Morgan fingerprint density at radius 2 is 2.25 bits per heavy atom. The highest BCUT2D eigenvalue weighted by atomic mass is 16.5. The number of morpholine rings is 1. The molecule has 2 unspecified atom stereocenters. The SMILES string of the molecule is CCC1COCCN1C1(CN)CCN(C)C1. The van der Waals surface area contributed by atoms with E-state index in [4.69, 9.17) is 10.5 Å². The van der Waals surface area contributed by atoms with Crippen molar-refractivity contribution in [2.24, 2.45) is 5.73 Å². The van der Waals surface area contributed by atoms with Crippen LogP contribution >= 0.6 is 0 Å². The summed E-state index contributed by atoms with van der Waals surface area (Å²) in [5.41, 5.74) is 6.28. The highest BCUT2D eigenvalue weighted by molar-refractivity contribution is 5.02. The molecule has 0 amide bonds. The number of likely N-dealkylation sites (N-methyl/N-ethyl adjacent to an activating group) is 1. The van der Waals surface area contributed by atoms with Gasteiger partial charge in [-0.1, -0.05) is 6.92 Å². The molecule has 0 aliphatic carbocycles. The van der Waals surface area contributed by atoms with E-state index in [0.717, 1.165) is 39.3 Å². The van der Waals surface area contributed by atoms with E-state index in [2.05, 4.69) is 23.8 Å². The number of rotatable bonds is 3. The molecule has 4 nitrogen and oxygen atoms in total. The van der Waals surface area contributed by atoms with E-state index in [-0.39, 0.29) is 5.54 Å². The molecule has 0 saturated carbocycles. The van der Waals surface area contributed by atoms with Crippen LogP contribution in [0.2, 0.25) is 0 Å². The lowest BCUT2D eigenvalue weighted by Gasteiger charge is -2.47. The van der Waals surface area contributed by atoms with Gasteiger partial charge in [0.25, 0.3) is 0 Å². The van der Waals surface area contributed by atoms with E-state index >= 15 is 0 Å². The van der Waals surface area contributed by atoms with Crippen LogP contribution in [-0.2, 0) is 4.74 Å². The van der Waals surface area contributed by atoms with Crippen LogP contribution in [0.25, 0.3) is 0 Å². The molecule has 0 spiro atoms. The molecule has 2 N–H and O–H groups in total. The van der Waals surface area contributed by atoms with Crippen LogP contribution in [0.3, 0.4) is 0 Å². The summed E-state index contributed by atoms with van der Waals surface area (Å²) in [4.78, 5) is 5.02. The van der Waals surface area contributed by atoms with Crippen molar-refractivity contribution in [1.82, 2.24) is 9.80 Å².